The van der Waals surface area contributed by atoms with Gasteiger partial charge < -0.3 is 5.73 Å². The molecule has 11 heavy (non-hydrogen) atoms. The first-order valence-electron chi connectivity index (χ1n) is 3.29. The number of nitrogens with one attached hydrogen (secondary N) is 2. The van der Waals surface area contributed by atoms with E-state index in [0.717, 1.165) is 11.5 Å². The van der Waals surface area contributed by atoms with Crippen molar-refractivity contribution in [1.82, 2.24) is 4.98 Å². The molecule has 0 unspecified atom stereocenters. The number of allylic oxidation sites excluding steroid dienone is 1. The molecule has 0 radical (unpaired) electrons. The number of hydrogen-bond acceptors (Lipinski definition) is 2. The van der Waals surface area contributed by atoms with E-state index in [1.165, 1.54) is 6.20 Å². The van der Waals surface area contributed by atoms with E-state index in [1.54, 1.807) is 25.5 Å². The summed E-state index contributed by atoms with van der Waals surface area (Å²) in [7, 11) is 1.71. The van der Waals surface area contributed by atoms with E-state index in [0.29, 0.717) is 0 Å². The zero-order valence-electron chi connectivity index (χ0n) is 6.33. The van der Waals surface area contributed by atoms with Crippen LogP contribution in [0.1, 0.15) is 5.82 Å². The lowest BCUT2D eigenvalue weighted by Gasteiger charge is -1.86. The van der Waals surface area contributed by atoms with Crippen LogP contribution in [-0.2, 0) is 0 Å². The van der Waals surface area contributed by atoms with E-state index in [2.05, 4.69) is 15.0 Å². The van der Waals surface area contributed by atoms with Gasteiger partial charge in [-0.2, -0.15) is 0 Å². The van der Waals surface area contributed by atoms with Crippen LogP contribution in [0.2, 0.25) is 0 Å². The normalized spacial score (nSPS) is 12.6. The minimum absolute atomic E-state index is 0.803. The summed E-state index contributed by atoms with van der Waals surface area (Å²) in [5.74, 6) is 0.856. The Kier molecular flexibility index (Phi) is 2.43. The molecule has 1 aromatic rings. The molecule has 0 fully saturated rings. The quantitative estimate of drug-likeness (QED) is 0.561. The molecular weight excluding hydrogens is 140 g/mol. The molecule has 4 heteroatoms. The second-order valence-electron chi connectivity index (χ2n) is 1.96. The Hall–Kier alpha value is -1.58. The highest BCUT2D eigenvalue weighted by molar-refractivity contribution is 6.04. The lowest BCUT2D eigenvalue weighted by atomic mass is 10.3. The Bertz CT molecular complexity index is 258. The SMILES string of the molecule is CN=C(C=CN)c1[nH]cc[nH+]1. The van der Waals surface area contributed by atoms with E-state index in [9.17, 15) is 0 Å². The zero-order valence-corrected chi connectivity index (χ0v) is 6.33. The monoisotopic (exact) mass is 151 g/mol. The van der Waals surface area contributed by atoms with Crippen molar-refractivity contribution < 1.29 is 4.98 Å². The van der Waals surface area contributed by atoms with Gasteiger partial charge in [0.05, 0.1) is 0 Å². The van der Waals surface area contributed by atoms with Gasteiger partial charge in [0, 0.05) is 7.05 Å². The highest BCUT2D eigenvalue weighted by Gasteiger charge is 2.05. The molecule has 0 saturated heterocycles. The van der Waals surface area contributed by atoms with Crippen molar-refractivity contribution in [2.24, 2.45) is 10.7 Å². The van der Waals surface area contributed by atoms with Crippen LogP contribution >= 0.6 is 0 Å². The number of hydrogen-bond donors (Lipinski definition) is 2. The van der Waals surface area contributed by atoms with Gasteiger partial charge in [-0.1, -0.05) is 0 Å². The van der Waals surface area contributed by atoms with Crippen LogP contribution < -0.4 is 10.7 Å². The van der Waals surface area contributed by atoms with Gasteiger partial charge in [0.15, 0.2) is 0 Å². The molecule has 0 aliphatic heterocycles. The molecule has 4 nitrogen and oxygen atoms in total. The van der Waals surface area contributed by atoms with Gasteiger partial charge in [0.1, 0.15) is 18.1 Å². The smallest absolute Gasteiger partial charge is 0.302 e. The zero-order chi connectivity index (χ0) is 8.10. The van der Waals surface area contributed by atoms with Crippen LogP contribution in [0.5, 0.6) is 0 Å². The molecule has 1 heterocycles. The topological polar surface area (TPSA) is 68.3 Å². The highest BCUT2D eigenvalue weighted by Crippen LogP contribution is 1.88. The molecule has 4 N–H and O–H groups in total. The molecule has 0 aliphatic carbocycles. The minimum atomic E-state index is 0.803. The average Bonchev–Trinajstić information content (AvgIpc) is 2.52. The maximum absolute atomic E-state index is 5.22. The van der Waals surface area contributed by atoms with E-state index in [4.69, 9.17) is 5.73 Å². The Balaban J connectivity index is 2.89. The number of nitrogens with zero attached hydrogens (tertiary/aromatic N) is 1. The van der Waals surface area contributed by atoms with Crippen LogP contribution in [0.4, 0.5) is 0 Å². The first-order valence-corrected chi connectivity index (χ1v) is 3.29. The third-order valence-corrected chi connectivity index (χ3v) is 1.29. The molecule has 0 aliphatic rings. The van der Waals surface area contributed by atoms with Crippen molar-refractivity contribution in [2.75, 3.05) is 7.05 Å². The number of rotatable bonds is 2. The fourth-order valence-electron chi connectivity index (χ4n) is 0.800. The lowest BCUT2D eigenvalue weighted by molar-refractivity contribution is -0.377. The van der Waals surface area contributed by atoms with E-state index in [1.807, 2.05) is 0 Å². The van der Waals surface area contributed by atoms with Gasteiger partial charge >= 0.3 is 5.82 Å². The van der Waals surface area contributed by atoms with E-state index in [-0.39, 0.29) is 0 Å². The fraction of sp³-hybridized carbons (Fsp3) is 0.143. The molecule has 58 valence electrons. The summed E-state index contributed by atoms with van der Waals surface area (Å²) < 4.78 is 0. The van der Waals surface area contributed by atoms with Gasteiger partial charge in [0.25, 0.3) is 0 Å². The fourth-order valence-corrected chi connectivity index (χ4v) is 0.800. The summed E-state index contributed by atoms with van der Waals surface area (Å²) in [6.07, 6.45) is 6.77. The van der Waals surface area contributed by atoms with Gasteiger partial charge in [-0.05, 0) is 12.3 Å². The minimum Gasteiger partial charge on any atom is -0.405 e. The first kappa shape index (κ1) is 7.53. The predicted molar refractivity (Wildman–Crippen MR) is 43.1 cm³/mol. The summed E-state index contributed by atoms with van der Waals surface area (Å²) in [6, 6.07) is 0. The van der Waals surface area contributed by atoms with Crippen molar-refractivity contribution in [3.8, 4) is 0 Å². The molecule has 0 amide bonds. The van der Waals surface area contributed by atoms with Gasteiger partial charge in [-0.15, -0.1) is 0 Å². The molecule has 1 rings (SSSR count). The average molecular weight is 151 g/mol. The number of imidazole rings is 1. The van der Waals surface area contributed by atoms with Crippen LogP contribution in [-0.4, -0.2) is 17.7 Å². The summed E-state index contributed by atoms with van der Waals surface area (Å²) in [5, 5.41) is 0. The third-order valence-electron chi connectivity index (χ3n) is 1.29. The number of aromatic amines is 2. The standard InChI is InChI=1S/C7H10N4/c1-9-6(2-3-8)7-10-4-5-11-7/h2-5H,8H2,1H3,(H,10,11)/p+1. The molecule has 1 aromatic heterocycles. The van der Waals surface area contributed by atoms with Gasteiger partial charge in [-0.25, -0.2) is 9.97 Å². The summed E-state index contributed by atoms with van der Waals surface area (Å²) in [6.45, 7) is 0. The van der Waals surface area contributed by atoms with Crippen LogP contribution in [0.25, 0.3) is 0 Å². The molecule has 0 bridgehead atoms. The molecule has 0 saturated carbocycles. The molecule has 0 aromatic carbocycles. The Labute approximate surface area is 64.9 Å². The van der Waals surface area contributed by atoms with E-state index < -0.39 is 0 Å². The molecule has 0 spiro atoms. The maximum atomic E-state index is 5.22. The largest absolute Gasteiger partial charge is 0.405 e. The van der Waals surface area contributed by atoms with Crippen molar-refractivity contribution >= 4 is 5.71 Å². The number of aliphatic imine (C=N–C) groups is 1. The van der Waals surface area contributed by atoms with Gasteiger partial charge in [-0.3, -0.25) is 4.99 Å². The van der Waals surface area contributed by atoms with Gasteiger partial charge in [0.2, 0.25) is 0 Å². The van der Waals surface area contributed by atoms with E-state index >= 15 is 0 Å². The predicted octanol–water partition coefficient (Wildman–Crippen LogP) is -0.280. The van der Waals surface area contributed by atoms with Crippen molar-refractivity contribution in [1.29, 1.82) is 0 Å². The number of aromatic nitrogens is 2. The Morgan fingerprint density at radius 3 is 3.09 bits per heavy atom. The number of H-pyrrole nitrogens is 2. The van der Waals surface area contributed by atoms with Crippen LogP contribution in [0, 0.1) is 0 Å². The van der Waals surface area contributed by atoms with Crippen molar-refractivity contribution in [3.05, 3.63) is 30.5 Å². The highest BCUT2D eigenvalue weighted by atomic mass is 14.9. The van der Waals surface area contributed by atoms with Crippen LogP contribution in [0.3, 0.4) is 0 Å². The molecule has 0 atom stereocenters. The first-order chi connectivity index (χ1) is 5.38. The second-order valence-corrected chi connectivity index (χ2v) is 1.96. The maximum Gasteiger partial charge on any atom is 0.302 e. The summed E-state index contributed by atoms with van der Waals surface area (Å²) in [5.41, 5.74) is 6.03. The van der Waals surface area contributed by atoms with Crippen molar-refractivity contribution in [2.45, 2.75) is 0 Å². The molecular formula is C7H11N4+. The third kappa shape index (κ3) is 1.67. The Morgan fingerprint density at radius 1 is 1.82 bits per heavy atom. The second kappa shape index (κ2) is 3.55. The summed E-state index contributed by atoms with van der Waals surface area (Å²) >= 11 is 0. The van der Waals surface area contributed by atoms with Crippen molar-refractivity contribution in [3.63, 3.8) is 0 Å². The number of nitrogens with two attached hydrogens (primary N) is 1. The van der Waals surface area contributed by atoms with Crippen LogP contribution in [0.15, 0.2) is 29.7 Å². The Morgan fingerprint density at radius 2 is 2.64 bits per heavy atom. The summed E-state index contributed by atoms with van der Waals surface area (Å²) in [4.78, 5) is 9.97. The lowest BCUT2D eigenvalue weighted by Crippen LogP contribution is -2.12.